The first kappa shape index (κ1) is 15.9. The van der Waals surface area contributed by atoms with Crippen LogP contribution in [0.4, 0.5) is 0 Å². The van der Waals surface area contributed by atoms with Crippen molar-refractivity contribution in [3.8, 4) is 6.07 Å². The fraction of sp³-hybridized carbons (Fsp3) is 0.846. The van der Waals surface area contributed by atoms with E-state index in [1.807, 2.05) is 25.8 Å². The van der Waals surface area contributed by atoms with E-state index < -0.39 is 0 Å². The highest BCUT2D eigenvalue weighted by Gasteiger charge is 2.18. The Labute approximate surface area is 105 Å². The number of rotatable bonds is 8. The molecule has 0 aliphatic carbocycles. The van der Waals surface area contributed by atoms with Crippen molar-refractivity contribution in [3.05, 3.63) is 0 Å². The lowest BCUT2D eigenvalue weighted by atomic mass is 10.1. The second-order valence-electron chi connectivity index (χ2n) is 4.64. The van der Waals surface area contributed by atoms with Crippen LogP contribution in [0.1, 0.15) is 40.0 Å². The maximum atomic E-state index is 11.8. The Morgan fingerprint density at radius 3 is 2.59 bits per heavy atom. The number of hydrogen-bond acceptors (Lipinski definition) is 3. The molecule has 0 heterocycles. The summed E-state index contributed by atoms with van der Waals surface area (Å²) in [5.74, 6) is 0.00378. The lowest BCUT2D eigenvalue weighted by molar-refractivity contribution is -0.125. The fourth-order valence-corrected chi connectivity index (χ4v) is 1.57. The molecule has 0 rings (SSSR count). The Kier molecular flexibility index (Phi) is 8.43. The zero-order valence-corrected chi connectivity index (χ0v) is 11.5. The lowest BCUT2D eigenvalue weighted by Crippen LogP contribution is -2.44. The van der Waals surface area contributed by atoms with Gasteiger partial charge in [-0.15, -0.1) is 0 Å². The minimum absolute atomic E-state index is 0.0460. The molecule has 0 aromatic rings. The van der Waals surface area contributed by atoms with E-state index in [9.17, 15) is 4.79 Å². The first-order chi connectivity index (χ1) is 8.02. The molecule has 0 saturated heterocycles. The largest absolute Gasteiger partial charge is 0.355 e. The minimum atomic E-state index is -0.174. The number of carbonyl (C=O) groups excluding carboxylic acids is 1. The summed E-state index contributed by atoms with van der Waals surface area (Å²) in [6, 6.07) is 2.00. The summed E-state index contributed by atoms with van der Waals surface area (Å²) in [6.07, 6.45) is 3.34. The third kappa shape index (κ3) is 6.96. The quantitative estimate of drug-likeness (QED) is 0.657. The van der Waals surface area contributed by atoms with Crippen LogP contribution >= 0.6 is 0 Å². The zero-order valence-electron chi connectivity index (χ0n) is 11.5. The van der Waals surface area contributed by atoms with Crippen molar-refractivity contribution in [2.45, 2.75) is 46.1 Å². The van der Waals surface area contributed by atoms with E-state index in [4.69, 9.17) is 5.26 Å². The highest BCUT2D eigenvalue weighted by Crippen LogP contribution is 2.02. The molecule has 1 amide bonds. The molecule has 0 fully saturated rings. The Balaban J connectivity index is 3.91. The number of hydrogen-bond donors (Lipinski definition) is 1. The molecule has 0 aliphatic heterocycles. The van der Waals surface area contributed by atoms with Gasteiger partial charge in [0.05, 0.1) is 18.0 Å². The molecule has 0 aromatic carbocycles. The molecule has 2 unspecified atom stereocenters. The summed E-state index contributed by atoms with van der Waals surface area (Å²) < 4.78 is 0. The lowest BCUT2D eigenvalue weighted by Gasteiger charge is -2.24. The van der Waals surface area contributed by atoms with Crippen molar-refractivity contribution in [2.24, 2.45) is 5.92 Å². The van der Waals surface area contributed by atoms with Crippen molar-refractivity contribution < 1.29 is 4.79 Å². The highest BCUT2D eigenvalue weighted by atomic mass is 16.2. The van der Waals surface area contributed by atoms with Gasteiger partial charge in [0.25, 0.3) is 0 Å². The SMILES string of the molecule is CCCCCNC(=O)C(C)N(C)CC(C)C#N. The van der Waals surface area contributed by atoms with Gasteiger partial charge in [0, 0.05) is 13.1 Å². The molecule has 0 bridgehead atoms. The van der Waals surface area contributed by atoms with Gasteiger partial charge in [-0.1, -0.05) is 19.8 Å². The third-order valence-electron chi connectivity index (χ3n) is 2.90. The summed E-state index contributed by atoms with van der Waals surface area (Å²) in [6.45, 7) is 7.25. The van der Waals surface area contributed by atoms with Gasteiger partial charge < -0.3 is 5.32 Å². The van der Waals surface area contributed by atoms with Gasteiger partial charge in [0.1, 0.15) is 0 Å². The van der Waals surface area contributed by atoms with E-state index in [0.717, 1.165) is 25.8 Å². The predicted molar refractivity (Wildman–Crippen MR) is 69.4 cm³/mol. The van der Waals surface area contributed by atoms with Gasteiger partial charge in [0.2, 0.25) is 5.91 Å². The van der Waals surface area contributed by atoms with E-state index in [0.29, 0.717) is 6.54 Å². The van der Waals surface area contributed by atoms with Crippen LogP contribution in [0, 0.1) is 17.2 Å². The predicted octanol–water partition coefficient (Wildman–Crippen LogP) is 1.77. The number of nitrogens with one attached hydrogen (secondary N) is 1. The van der Waals surface area contributed by atoms with Crippen molar-refractivity contribution in [1.29, 1.82) is 5.26 Å². The van der Waals surface area contributed by atoms with E-state index >= 15 is 0 Å². The summed E-state index contributed by atoms with van der Waals surface area (Å²) in [4.78, 5) is 13.7. The molecule has 0 saturated carbocycles. The molecule has 4 nitrogen and oxygen atoms in total. The molecular weight excluding hydrogens is 214 g/mol. The van der Waals surface area contributed by atoms with Crippen LogP contribution in [0.3, 0.4) is 0 Å². The molecule has 0 spiro atoms. The first-order valence-corrected chi connectivity index (χ1v) is 6.40. The van der Waals surface area contributed by atoms with Crippen molar-refractivity contribution >= 4 is 5.91 Å². The Morgan fingerprint density at radius 1 is 1.41 bits per heavy atom. The second kappa shape index (κ2) is 9.00. The third-order valence-corrected chi connectivity index (χ3v) is 2.90. The monoisotopic (exact) mass is 239 g/mol. The average Bonchev–Trinajstić information content (AvgIpc) is 2.33. The van der Waals surface area contributed by atoms with E-state index in [1.165, 1.54) is 0 Å². The van der Waals surface area contributed by atoms with Crippen LogP contribution in [0.5, 0.6) is 0 Å². The molecule has 2 atom stereocenters. The number of unbranched alkanes of at least 4 members (excludes halogenated alkanes) is 2. The van der Waals surface area contributed by atoms with Crippen LogP contribution < -0.4 is 5.32 Å². The number of carbonyl (C=O) groups is 1. The average molecular weight is 239 g/mol. The number of amides is 1. The molecule has 1 N–H and O–H groups in total. The van der Waals surface area contributed by atoms with Crippen LogP contribution in [0.15, 0.2) is 0 Å². The summed E-state index contributed by atoms with van der Waals surface area (Å²) in [5.41, 5.74) is 0. The molecular formula is C13H25N3O. The first-order valence-electron chi connectivity index (χ1n) is 6.40. The van der Waals surface area contributed by atoms with E-state index in [-0.39, 0.29) is 17.9 Å². The maximum Gasteiger partial charge on any atom is 0.237 e. The van der Waals surface area contributed by atoms with E-state index in [1.54, 1.807) is 0 Å². The summed E-state index contributed by atoms with van der Waals surface area (Å²) >= 11 is 0. The molecule has 0 aromatic heterocycles. The van der Waals surface area contributed by atoms with Crippen molar-refractivity contribution in [3.63, 3.8) is 0 Å². The topological polar surface area (TPSA) is 56.1 Å². The fourth-order valence-electron chi connectivity index (χ4n) is 1.57. The van der Waals surface area contributed by atoms with Crippen LogP contribution in [-0.2, 0) is 4.79 Å². The van der Waals surface area contributed by atoms with Gasteiger partial charge in [0.15, 0.2) is 0 Å². The molecule has 4 heteroatoms. The normalized spacial score (nSPS) is 14.1. The molecule has 98 valence electrons. The minimum Gasteiger partial charge on any atom is -0.355 e. The summed E-state index contributed by atoms with van der Waals surface area (Å²) in [5, 5.41) is 11.7. The second-order valence-corrected chi connectivity index (χ2v) is 4.64. The van der Waals surface area contributed by atoms with Gasteiger partial charge in [-0.3, -0.25) is 9.69 Å². The summed E-state index contributed by atoms with van der Waals surface area (Å²) in [7, 11) is 1.88. The standard InChI is InChI=1S/C13H25N3O/c1-5-6-7-8-15-13(17)12(3)16(4)10-11(2)9-14/h11-12H,5-8,10H2,1-4H3,(H,15,17). The Morgan fingerprint density at radius 2 is 2.06 bits per heavy atom. The smallest absolute Gasteiger partial charge is 0.237 e. The molecule has 0 aliphatic rings. The van der Waals surface area contributed by atoms with Gasteiger partial charge in [-0.2, -0.15) is 5.26 Å². The number of likely N-dealkylation sites (N-methyl/N-ethyl adjacent to an activating group) is 1. The number of nitrogens with zero attached hydrogens (tertiary/aromatic N) is 2. The maximum absolute atomic E-state index is 11.8. The van der Waals surface area contributed by atoms with Gasteiger partial charge in [-0.05, 0) is 27.3 Å². The van der Waals surface area contributed by atoms with Gasteiger partial charge in [-0.25, -0.2) is 0 Å². The van der Waals surface area contributed by atoms with Crippen LogP contribution in [0.25, 0.3) is 0 Å². The van der Waals surface area contributed by atoms with Crippen LogP contribution in [-0.4, -0.2) is 37.0 Å². The van der Waals surface area contributed by atoms with Gasteiger partial charge >= 0.3 is 0 Å². The molecule has 17 heavy (non-hydrogen) atoms. The van der Waals surface area contributed by atoms with Crippen molar-refractivity contribution in [1.82, 2.24) is 10.2 Å². The Hall–Kier alpha value is -1.08. The van der Waals surface area contributed by atoms with Crippen LogP contribution in [0.2, 0.25) is 0 Å². The highest BCUT2D eigenvalue weighted by molar-refractivity contribution is 5.81. The number of nitriles is 1. The van der Waals surface area contributed by atoms with E-state index in [2.05, 4.69) is 18.3 Å². The van der Waals surface area contributed by atoms with Crippen molar-refractivity contribution in [2.75, 3.05) is 20.1 Å². The molecule has 0 radical (unpaired) electrons. The Bertz CT molecular complexity index is 260. The zero-order chi connectivity index (χ0) is 13.3.